The van der Waals surface area contributed by atoms with E-state index >= 15 is 0 Å². The molecule has 0 bridgehead atoms. The van der Waals surface area contributed by atoms with Crippen molar-refractivity contribution in [2.45, 2.75) is 11.8 Å². The maximum atomic E-state index is 2.21. The van der Waals surface area contributed by atoms with Gasteiger partial charge >= 0.3 is 74.0 Å². The Labute approximate surface area is 74.4 Å². The van der Waals surface area contributed by atoms with E-state index in [2.05, 4.69) is 41.5 Å². The zero-order valence-electron chi connectivity index (χ0n) is 6.53. The summed E-state index contributed by atoms with van der Waals surface area (Å²) in [5, 5.41) is 2.17. The molecule has 0 N–H and O–H groups in total. The molecule has 61 valence electrons. The zero-order chi connectivity index (χ0) is 7.94. The predicted octanol–water partition coefficient (Wildman–Crippen LogP) is 3.07. The van der Waals surface area contributed by atoms with Crippen LogP contribution in [-0.2, 0) is 14.7 Å². The van der Waals surface area contributed by atoms with Crippen LogP contribution in [0.5, 0.6) is 0 Å². The van der Waals surface area contributed by atoms with Crippen LogP contribution in [0.1, 0.15) is 6.92 Å². The van der Waals surface area contributed by atoms with Gasteiger partial charge in [0.15, 0.2) is 0 Å². The zero-order valence-corrected chi connectivity index (χ0v) is 7.57. The number of hydrogen-bond donors (Lipinski definition) is 0. The standard InChI is InChI=1S/C5H5.C5H7.Co/c1-2-4-5-3-1;1-3-5-4-2;/h1-5H;1,3-5H,2H3;. The van der Waals surface area contributed by atoms with E-state index in [1.165, 1.54) is 14.7 Å². The van der Waals surface area contributed by atoms with Gasteiger partial charge in [-0.3, -0.25) is 0 Å². The van der Waals surface area contributed by atoms with E-state index in [-0.39, 0.29) is 0 Å². The van der Waals surface area contributed by atoms with Gasteiger partial charge in [0, 0.05) is 0 Å². The van der Waals surface area contributed by atoms with E-state index in [1.54, 1.807) is 0 Å². The molecule has 0 aliphatic heterocycles. The Morgan fingerprint density at radius 3 is 2.55 bits per heavy atom. The van der Waals surface area contributed by atoms with Crippen molar-refractivity contribution in [3.63, 3.8) is 0 Å². The molecule has 1 heteroatoms. The van der Waals surface area contributed by atoms with Crippen molar-refractivity contribution < 1.29 is 14.7 Å². The van der Waals surface area contributed by atoms with Gasteiger partial charge in [-0.2, -0.15) is 0 Å². The van der Waals surface area contributed by atoms with Crippen LogP contribution in [0, 0.1) is 0 Å². The molecule has 11 heavy (non-hydrogen) atoms. The van der Waals surface area contributed by atoms with Gasteiger partial charge in [0.2, 0.25) is 0 Å². The van der Waals surface area contributed by atoms with E-state index in [9.17, 15) is 0 Å². The second-order valence-corrected chi connectivity index (χ2v) is 3.51. The van der Waals surface area contributed by atoms with Crippen LogP contribution >= 0.6 is 0 Å². The first kappa shape index (κ1) is 8.56. The average molecular weight is 191 g/mol. The minimum absolute atomic E-state index is 0.604. The SMILES string of the molecule is CC=CC=[CH][Co][CH]1C=CC=C1. The van der Waals surface area contributed by atoms with Crippen LogP contribution < -0.4 is 0 Å². The third-order valence-corrected chi connectivity index (χ3v) is 2.45. The number of hydrogen-bond acceptors (Lipinski definition) is 0. The van der Waals surface area contributed by atoms with Crippen LogP contribution in [0.4, 0.5) is 0 Å². The van der Waals surface area contributed by atoms with E-state index in [1.807, 2.05) is 13.0 Å². The molecule has 0 saturated carbocycles. The van der Waals surface area contributed by atoms with E-state index in [0.29, 0.717) is 4.85 Å². The molecule has 1 aliphatic carbocycles. The van der Waals surface area contributed by atoms with Crippen molar-refractivity contribution in [2.24, 2.45) is 0 Å². The fourth-order valence-electron chi connectivity index (χ4n) is 0.728. The molecule has 0 amide bonds. The molecule has 1 rings (SSSR count). The van der Waals surface area contributed by atoms with Gasteiger partial charge in [0.1, 0.15) is 0 Å². The molecular formula is C10H12Co. The number of rotatable bonds is 3. The monoisotopic (exact) mass is 191 g/mol. The van der Waals surface area contributed by atoms with E-state index in [0.717, 1.165) is 0 Å². The second-order valence-electron chi connectivity index (χ2n) is 2.12. The van der Waals surface area contributed by atoms with Crippen LogP contribution in [0.3, 0.4) is 0 Å². The first-order valence-corrected chi connectivity index (χ1v) is 4.83. The summed E-state index contributed by atoms with van der Waals surface area (Å²) < 4.78 is 0. The van der Waals surface area contributed by atoms with Gasteiger partial charge in [0.25, 0.3) is 0 Å². The molecule has 0 fully saturated rings. The molecule has 0 aromatic carbocycles. The Balaban J connectivity index is 2.21. The molecule has 0 saturated heterocycles. The van der Waals surface area contributed by atoms with Gasteiger partial charge in [-0.1, -0.05) is 0 Å². The Bertz CT molecular complexity index is 197. The molecule has 0 spiro atoms. The molecule has 0 aromatic heterocycles. The van der Waals surface area contributed by atoms with Crippen molar-refractivity contribution >= 4 is 0 Å². The molecule has 1 aliphatic rings. The summed E-state index contributed by atoms with van der Waals surface area (Å²) in [4.78, 5) is 0.604. The summed E-state index contributed by atoms with van der Waals surface area (Å²) in [7, 11) is 0. The number of allylic oxidation sites excluding steroid dienone is 7. The average Bonchev–Trinajstić information content (AvgIpc) is 2.50. The third-order valence-electron chi connectivity index (χ3n) is 1.24. The fourth-order valence-corrected chi connectivity index (χ4v) is 1.65. The van der Waals surface area contributed by atoms with Crippen molar-refractivity contribution in [2.75, 3.05) is 0 Å². The predicted molar refractivity (Wildman–Crippen MR) is 46.0 cm³/mol. The molecule has 0 nitrogen and oxygen atoms in total. The summed E-state index contributed by atoms with van der Waals surface area (Å²) in [5.41, 5.74) is 0. The third kappa shape index (κ3) is 3.40. The van der Waals surface area contributed by atoms with Gasteiger partial charge in [-0.05, 0) is 0 Å². The second kappa shape index (κ2) is 5.16. The summed E-state index contributed by atoms with van der Waals surface area (Å²) in [5.74, 6) is 0. The molecule has 0 unspecified atom stereocenters. The normalized spacial score (nSPS) is 18.3. The van der Waals surface area contributed by atoms with Crippen LogP contribution in [0.2, 0.25) is 4.85 Å². The van der Waals surface area contributed by atoms with Crippen molar-refractivity contribution in [3.05, 3.63) is 47.5 Å². The van der Waals surface area contributed by atoms with Gasteiger partial charge in [-0.15, -0.1) is 0 Å². The van der Waals surface area contributed by atoms with Gasteiger partial charge < -0.3 is 0 Å². The Morgan fingerprint density at radius 1 is 1.18 bits per heavy atom. The quantitative estimate of drug-likeness (QED) is 0.601. The maximum absolute atomic E-state index is 2.21. The Morgan fingerprint density at radius 2 is 1.91 bits per heavy atom. The van der Waals surface area contributed by atoms with Gasteiger partial charge in [-0.25, -0.2) is 0 Å². The minimum atomic E-state index is 0.604. The van der Waals surface area contributed by atoms with Crippen molar-refractivity contribution in [1.29, 1.82) is 0 Å². The summed E-state index contributed by atoms with van der Waals surface area (Å²) >= 11 is 1.38. The van der Waals surface area contributed by atoms with Gasteiger partial charge in [0.05, 0.1) is 0 Å². The molecule has 0 heterocycles. The Kier molecular flexibility index (Phi) is 4.02. The topological polar surface area (TPSA) is 0 Å². The van der Waals surface area contributed by atoms with Crippen molar-refractivity contribution in [1.82, 2.24) is 0 Å². The first-order chi connectivity index (χ1) is 5.43. The molecule has 0 atom stereocenters. The van der Waals surface area contributed by atoms with Crippen molar-refractivity contribution in [3.8, 4) is 0 Å². The molecule has 0 radical (unpaired) electrons. The van der Waals surface area contributed by atoms with E-state index in [4.69, 9.17) is 0 Å². The van der Waals surface area contributed by atoms with Crippen LogP contribution in [-0.4, -0.2) is 0 Å². The summed E-state index contributed by atoms with van der Waals surface area (Å²) in [6.45, 7) is 2.02. The first-order valence-electron chi connectivity index (χ1n) is 3.63. The molecule has 0 aromatic rings. The Hall–Kier alpha value is -0.534. The van der Waals surface area contributed by atoms with E-state index < -0.39 is 0 Å². The molecular weight excluding hydrogens is 179 g/mol. The summed E-state index contributed by atoms with van der Waals surface area (Å²) in [6.07, 6.45) is 14.8. The van der Waals surface area contributed by atoms with Crippen LogP contribution in [0.15, 0.2) is 47.5 Å². The summed E-state index contributed by atoms with van der Waals surface area (Å²) in [6, 6.07) is 0. The fraction of sp³-hybridized carbons (Fsp3) is 0.200. The van der Waals surface area contributed by atoms with Crippen LogP contribution in [0.25, 0.3) is 0 Å².